The zero-order valence-electron chi connectivity index (χ0n) is 9.24. The molecule has 15 heavy (non-hydrogen) atoms. The number of rotatable bonds is 2. The van der Waals surface area contributed by atoms with Crippen molar-refractivity contribution in [3.05, 3.63) is 16.1 Å². The Morgan fingerprint density at radius 3 is 3.07 bits per heavy atom. The van der Waals surface area contributed by atoms with Gasteiger partial charge >= 0.3 is 0 Å². The van der Waals surface area contributed by atoms with Crippen LogP contribution in [0.1, 0.15) is 24.0 Å². The SMILES string of the molecule is Cc1csc(CN2CCC(Br)C(C)C2)n1. The number of nitrogens with zero attached hydrogens (tertiary/aromatic N) is 2. The second-order valence-electron chi connectivity index (χ2n) is 4.40. The molecule has 84 valence electrons. The number of halogens is 1. The van der Waals surface area contributed by atoms with Gasteiger partial charge in [0.25, 0.3) is 0 Å². The highest BCUT2D eigenvalue weighted by Gasteiger charge is 2.24. The van der Waals surface area contributed by atoms with Crippen LogP contribution in [0.15, 0.2) is 5.38 Å². The average Bonchev–Trinajstić information content (AvgIpc) is 2.58. The van der Waals surface area contributed by atoms with Crippen molar-refractivity contribution in [2.24, 2.45) is 5.92 Å². The fourth-order valence-corrected chi connectivity index (χ4v) is 3.20. The summed E-state index contributed by atoms with van der Waals surface area (Å²) in [5.74, 6) is 0.750. The number of likely N-dealkylation sites (tertiary alicyclic amines) is 1. The van der Waals surface area contributed by atoms with Crippen molar-refractivity contribution < 1.29 is 0 Å². The third-order valence-electron chi connectivity index (χ3n) is 2.91. The first-order valence-electron chi connectivity index (χ1n) is 5.42. The van der Waals surface area contributed by atoms with Gasteiger partial charge in [-0.3, -0.25) is 4.90 Å². The summed E-state index contributed by atoms with van der Waals surface area (Å²) in [4.78, 5) is 7.73. The van der Waals surface area contributed by atoms with Crippen LogP contribution in [0.25, 0.3) is 0 Å². The van der Waals surface area contributed by atoms with E-state index in [0.717, 1.165) is 18.2 Å². The van der Waals surface area contributed by atoms with Gasteiger partial charge in [0, 0.05) is 22.4 Å². The summed E-state index contributed by atoms with van der Waals surface area (Å²) >= 11 is 5.51. The topological polar surface area (TPSA) is 16.1 Å². The van der Waals surface area contributed by atoms with E-state index < -0.39 is 0 Å². The lowest BCUT2D eigenvalue weighted by molar-refractivity contribution is 0.183. The zero-order valence-corrected chi connectivity index (χ0v) is 11.6. The molecule has 2 rings (SSSR count). The first-order chi connectivity index (χ1) is 7.15. The Morgan fingerprint density at radius 2 is 2.47 bits per heavy atom. The molecule has 1 aromatic heterocycles. The minimum absolute atomic E-state index is 0.701. The molecule has 0 bridgehead atoms. The van der Waals surface area contributed by atoms with Crippen LogP contribution in [0.5, 0.6) is 0 Å². The molecule has 0 spiro atoms. The van der Waals surface area contributed by atoms with Crippen molar-refractivity contribution in [1.29, 1.82) is 0 Å². The smallest absolute Gasteiger partial charge is 0.107 e. The van der Waals surface area contributed by atoms with Gasteiger partial charge in [0.1, 0.15) is 5.01 Å². The maximum absolute atomic E-state index is 4.51. The van der Waals surface area contributed by atoms with Crippen LogP contribution in [-0.4, -0.2) is 27.8 Å². The summed E-state index contributed by atoms with van der Waals surface area (Å²) in [6, 6.07) is 0. The van der Waals surface area contributed by atoms with Crippen molar-refractivity contribution in [2.75, 3.05) is 13.1 Å². The third kappa shape index (κ3) is 3.02. The molecule has 1 saturated heterocycles. The van der Waals surface area contributed by atoms with Crippen molar-refractivity contribution >= 4 is 27.3 Å². The van der Waals surface area contributed by atoms with Gasteiger partial charge in [-0.15, -0.1) is 11.3 Å². The van der Waals surface area contributed by atoms with E-state index in [2.05, 4.69) is 45.0 Å². The molecule has 0 radical (unpaired) electrons. The van der Waals surface area contributed by atoms with Crippen molar-refractivity contribution in [3.8, 4) is 0 Å². The molecule has 0 aromatic carbocycles. The van der Waals surface area contributed by atoms with Crippen molar-refractivity contribution in [1.82, 2.24) is 9.88 Å². The van der Waals surface area contributed by atoms with Gasteiger partial charge in [-0.05, 0) is 25.8 Å². The molecule has 2 nitrogen and oxygen atoms in total. The molecule has 2 heterocycles. The quantitative estimate of drug-likeness (QED) is 0.778. The van der Waals surface area contributed by atoms with E-state index >= 15 is 0 Å². The number of thiazole rings is 1. The molecule has 0 aliphatic carbocycles. The largest absolute Gasteiger partial charge is 0.296 e. The van der Waals surface area contributed by atoms with Gasteiger partial charge in [-0.1, -0.05) is 22.9 Å². The standard InChI is InChI=1S/C11H17BrN2S/c1-8-5-14(4-3-10(8)12)6-11-13-9(2)7-15-11/h7-8,10H,3-6H2,1-2H3. The van der Waals surface area contributed by atoms with Gasteiger partial charge < -0.3 is 0 Å². The lowest BCUT2D eigenvalue weighted by atomic mass is 10.0. The van der Waals surface area contributed by atoms with E-state index in [1.54, 1.807) is 11.3 Å². The molecule has 1 aliphatic rings. The van der Waals surface area contributed by atoms with Crippen LogP contribution < -0.4 is 0 Å². The molecule has 1 fully saturated rings. The Morgan fingerprint density at radius 1 is 1.67 bits per heavy atom. The van der Waals surface area contributed by atoms with Crippen molar-refractivity contribution in [3.63, 3.8) is 0 Å². The highest BCUT2D eigenvalue weighted by Crippen LogP contribution is 2.24. The van der Waals surface area contributed by atoms with Gasteiger partial charge in [0.2, 0.25) is 0 Å². The van der Waals surface area contributed by atoms with Gasteiger partial charge in [0.15, 0.2) is 0 Å². The highest BCUT2D eigenvalue weighted by atomic mass is 79.9. The summed E-state index contributed by atoms with van der Waals surface area (Å²) in [5, 5.41) is 3.39. The number of aryl methyl sites for hydroxylation is 1. The number of piperidine rings is 1. The van der Waals surface area contributed by atoms with E-state index in [-0.39, 0.29) is 0 Å². The predicted octanol–water partition coefficient (Wildman–Crippen LogP) is 3.06. The molecule has 4 heteroatoms. The number of hydrogen-bond acceptors (Lipinski definition) is 3. The normalized spacial score (nSPS) is 28.2. The monoisotopic (exact) mass is 288 g/mol. The van der Waals surface area contributed by atoms with E-state index in [1.165, 1.54) is 24.5 Å². The van der Waals surface area contributed by atoms with E-state index in [0.29, 0.717) is 4.83 Å². The van der Waals surface area contributed by atoms with E-state index in [4.69, 9.17) is 0 Å². The fourth-order valence-electron chi connectivity index (χ4n) is 2.01. The molecular weight excluding hydrogens is 272 g/mol. The predicted molar refractivity (Wildman–Crippen MR) is 68.6 cm³/mol. The molecule has 0 saturated carbocycles. The van der Waals surface area contributed by atoms with Crippen LogP contribution in [0.2, 0.25) is 0 Å². The van der Waals surface area contributed by atoms with Gasteiger partial charge in [-0.2, -0.15) is 0 Å². The van der Waals surface area contributed by atoms with Crippen LogP contribution in [0.4, 0.5) is 0 Å². The maximum Gasteiger partial charge on any atom is 0.107 e. The van der Waals surface area contributed by atoms with Gasteiger partial charge in [-0.25, -0.2) is 4.98 Å². The molecular formula is C11H17BrN2S. The number of aromatic nitrogens is 1. The van der Waals surface area contributed by atoms with Crippen LogP contribution in [-0.2, 0) is 6.54 Å². The van der Waals surface area contributed by atoms with Crippen LogP contribution >= 0.6 is 27.3 Å². The lowest BCUT2D eigenvalue weighted by Gasteiger charge is -2.33. The summed E-state index contributed by atoms with van der Waals surface area (Å²) in [6.45, 7) is 7.79. The molecule has 0 N–H and O–H groups in total. The Kier molecular flexibility index (Phi) is 3.80. The highest BCUT2D eigenvalue weighted by molar-refractivity contribution is 9.09. The zero-order chi connectivity index (χ0) is 10.8. The summed E-state index contributed by atoms with van der Waals surface area (Å²) in [5.41, 5.74) is 1.15. The molecule has 0 amide bonds. The molecule has 2 atom stereocenters. The molecule has 1 aromatic rings. The third-order valence-corrected chi connectivity index (χ3v) is 5.22. The average molecular weight is 289 g/mol. The first kappa shape index (κ1) is 11.6. The van der Waals surface area contributed by atoms with Crippen LogP contribution in [0, 0.1) is 12.8 Å². The van der Waals surface area contributed by atoms with E-state index in [9.17, 15) is 0 Å². The maximum atomic E-state index is 4.51. The Bertz CT molecular complexity index is 326. The first-order valence-corrected chi connectivity index (χ1v) is 7.22. The minimum Gasteiger partial charge on any atom is -0.296 e. The van der Waals surface area contributed by atoms with Gasteiger partial charge in [0.05, 0.1) is 6.54 Å². The Balaban J connectivity index is 1.90. The van der Waals surface area contributed by atoms with E-state index in [1.807, 2.05) is 0 Å². The second-order valence-corrected chi connectivity index (χ2v) is 6.52. The lowest BCUT2D eigenvalue weighted by Crippen LogP contribution is -2.39. The fraction of sp³-hybridized carbons (Fsp3) is 0.727. The Hall–Kier alpha value is 0.0700. The minimum atomic E-state index is 0.701. The Labute approximate surface area is 104 Å². The summed E-state index contributed by atoms with van der Waals surface area (Å²) in [7, 11) is 0. The summed E-state index contributed by atoms with van der Waals surface area (Å²) < 4.78 is 0. The summed E-state index contributed by atoms with van der Waals surface area (Å²) in [6.07, 6.45) is 1.26. The van der Waals surface area contributed by atoms with Crippen LogP contribution in [0.3, 0.4) is 0 Å². The number of hydrogen-bond donors (Lipinski definition) is 0. The molecule has 1 aliphatic heterocycles. The second kappa shape index (κ2) is 4.93. The van der Waals surface area contributed by atoms with Crippen molar-refractivity contribution in [2.45, 2.75) is 31.6 Å². The molecule has 2 unspecified atom stereocenters. The number of alkyl halides is 1.